The molecule has 0 radical (unpaired) electrons. The highest BCUT2D eigenvalue weighted by atomic mass is 79.9. The molecule has 1 aromatic rings. The van der Waals surface area contributed by atoms with E-state index >= 15 is 0 Å². The minimum Gasteiger partial charge on any atom is -0.211 e. The maximum atomic E-state index is 13.1. The number of hydrogen-bond acceptors (Lipinski definition) is 2. The summed E-state index contributed by atoms with van der Waals surface area (Å²) in [4.78, 5) is 13.1. The summed E-state index contributed by atoms with van der Waals surface area (Å²) in [6.45, 7) is 1.60. The van der Waals surface area contributed by atoms with Gasteiger partial charge in [0, 0.05) is 4.47 Å². The average molecular weight is 230 g/mol. The van der Waals surface area contributed by atoms with Crippen molar-refractivity contribution in [3.8, 4) is 0 Å². The molecule has 2 nitrogen and oxygen atoms in total. The highest BCUT2D eigenvalue weighted by Gasteiger charge is 2.05. The lowest BCUT2D eigenvalue weighted by Gasteiger charge is -1.99. The van der Waals surface area contributed by atoms with Gasteiger partial charge in [0.05, 0.1) is 0 Å². The zero-order valence-electron chi connectivity index (χ0n) is 6.27. The Hall–Kier alpha value is -0.990. The van der Waals surface area contributed by atoms with E-state index in [1.54, 1.807) is 13.0 Å². The number of benzene rings is 1. The molecule has 0 aliphatic heterocycles. The Kier molecular flexibility index (Phi) is 2.74. The summed E-state index contributed by atoms with van der Waals surface area (Å²) in [7, 11) is 0. The first-order chi connectivity index (χ1) is 5.65. The van der Waals surface area contributed by atoms with Gasteiger partial charge in [-0.15, -0.1) is 0 Å². The normalized spacial score (nSPS) is 9.25. The molecule has 1 rings (SSSR count). The largest absolute Gasteiger partial charge is 0.240 e. The highest BCUT2D eigenvalue weighted by molar-refractivity contribution is 9.10. The molecule has 0 N–H and O–H groups in total. The van der Waals surface area contributed by atoms with Crippen LogP contribution in [0.1, 0.15) is 5.56 Å². The van der Waals surface area contributed by atoms with Gasteiger partial charge < -0.3 is 0 Å². The van der Waals surface area contributed by atoms with Crippen molar-refractivity contribution >= 4 is 27.7 Å². The molecule has 0 aliphatic carbocycles. The Labute approximate surface area is 77.3 Å². The van der Waals surface area contributed by atoms with E-state index in [9.17, 15) is 9.18 Å². The van der Waals surface area contributed by atoms with Crippen LogP contribution in [0.4, 0.5) is 10.1 Å². The number of halogens is 2. The Bertz CT molecular complexity index is 358. The Morgan fingerprint density at radius 2 is 2.25 bits per heavy atom. The van der Waals surface area contributed by atoms with Gasteiger partial charge in [0.1, 0.15) is 5.69 Å². The number of hydrogen-bond donors (Lipinski definition) is 0. The molecule has 0 unspecified atom stereocenters. The summed E-state index contributed by atoms with van der Waals surface area (Å²) < 4.78 is 13.8. The molecule has 1 aromatic carbocycles. The average Bonchev–Trinajstić information content (AvgIpc) is 2.00. The molecule has 0 heterocycles. The number of aryl methyl sites for hydroxylation is 1. The Morgan fingerprint density at radius 3 is 2.83 bits per heavy atom. The lowest BCUT2D eigenvalue weighted by atomic mass is 10.2. The van der Waals surface area contributed by atoms with E-state index in [1.807, 2.05) is 0 Å². The zero-order valence-corrected chi connectivity index (χ0v) is 7.85. The van der Waals surface area contributed by atoms with Crippen LogP contribution in [0.3, 0.4) is 0 Å². The van der Waals surface area contributed by atoms with Gasteiger partial charge in [0.15, 0.2) is 5.82 Å². The maximum absolute atomic E-state index is 13.1. The molecule has 0 spiro atoms. The van der Waals surface area contributed by atoms with E-state index in [-0.39, 0.29) is 5.69 Å². The van der Waals surface area contributed by atoms with Crippen LogP contribution in [-0.2, 0) is 4.79 Å². The summed E-state index contributed by atoms with van der Waals surface area (Å²) in [5.74, 6) is -0.485. The fourth-order valence-corrected chi connectivity index (χ4v) is 1.40. The van der Waals surface area contributed by atoms with E-state index in [4.69, 9.17) is 0 Å². The van der Waals surface area contributed by atoms with Crippen molar-refractivity contribution in [2.75, 3.05) is 0 Å². The van der Waals surface area contributed by atoms with E-state index in [2.05, 4.69) is 20.9 Å². The van der Waals surface area contributed by atoms with Gasteiger partial charge in [-0.2, -0.15) is 4.99 Å². The summed E-state index contributed by atoms with van der Waals surface area (Å²) in [5, 5.41) is 0. The second kappa shape index (κ2) is 3.61. The molecule has 0 saturated heterocycles. The SMILES string of the molecule is Cc1cc(Br)cc(N=C=O)c1F. The molecule has 0 bridgehead atoms. The summed E-state index contributed by atoms with van der Waals surface area (Å²) in [5.41, 5.74) is 0.454. The van der Waals surface area contributed by atoms with Crippen LogP contribution in [0.5, 0.6) is 0 Å². The molecule has 4 heteroatoms. The lowest BCUT2D eigenvalue weighted by Crippen LogP contribution is -1.82. The first-order valence-corrected chi connectivity index (χ1v) is 3.98. The quantitative estimate of drug-likeness (QED) is 0.538. The fraction of sp³-hybridized carbons (Fsp3) is 0.125. The van der Waals surface area contributed by atoms with E-state index in [0.29, 0.717) is 10.0 Å². The summed E-state index contributed by atoms with van der Waals surface area (Å²) in [6, 6.07) is 3.03. The third kappa shape index (κ3) is 1.78. The molecule has 12 heavy (non-hydrogen) atoms. The van der Waals surface area contributed by atoms with Crippen LogP contribution in [0, 0.1) is 12.7 Å². The lowest BCUT2D eigenvalue weighted by molar-refractivity contribution is 0.564. The van der Waals surface area contributed by atoms with Crippen molar-refractivity contribution in [2.24, 2.45) is 4.99 Å². The first-order valence-electron chi connectivity index (χ1n) is 3.18. The monoisotopic (exact) mass is 229 g/mol. The molecule has 0 amide bonds. The highest BCUT2D eigenvalue weighted by Crippen LogP contribution is 2.25. The van der Waals surface area contributed by atoms with E-state index in [1.165, 1.54) is 12.1 Å². The van der Waals surface area contributed by atoms with E-state index in [0.717, 1.165) is 0 Å². The third-order valence-electron chi connectivity index (χ3n) is 1.37. The van der Waals surface area contributed by atoms with Crippen LogP contribution < -0.4 is 0 Å². The first kappa shape index (κ1) is 9.10. The van der Waals surface area contributed by atoms with Crippen molar-refractivity contribution < 1.29 is 9.18 Å². The molecular weight excluding hydrogens is 225 g/mol. The zero-order chi connectivity index (χ0) is 9.14. The van der Waals surface area contributed by atoms with Gasteiger partial charge in [-0.3, -0.25) is 0 Å². The number of carbonyl (C=O) groups excluding carboxylic acids is 1. The van der Waals surface area contributed by atoms with Gasteiger partial charge in [0.2, 0.25) is 6.08 Å². The van der Waals surface area contributed by atoms with Crippen molar-refractivity contribution in [3.63, 3.8) is 0 Å². The summed E-state index contributed by atoms with van der Waals surface area (Å²) >= 11 is 3.16. The van der Waals surface area contributed by atoms with Crippen LogP contribution in [0.15, 0.2) is 21.6 Å². The predicted octanol–water partition coefficient (Wildman–Crippen LogP) is 2.86. The topological polar surface area (TPSA) is 29.4 Å². The maximum Gasteiger partial charge on any atom is 0.240 e. The minimum atomic E-state index is -0.485. The number of rotatable bonds is 1. The van der Waals surface area contributed by atoms with Gasteiger partial charge in [-0.25, -0.2) is 9.18 Å². The van der Waals surface area contributed by atoms with Gasteiger partial charge in [-0.1, -0.05) is 15.9 Å². The van der Waals surface area contributed by atoms with Crippen molar-refractivity contribution in [2.45, 2.75) is 6.92 Å². The Balaban J connectivity index is 3.36. The standard InChI is InChI=1S/C8H5BrFNO/c1-5-2-6(9)3-7(8(5)10)11-4-12/h2-3H,1H3. The molecular formula is C8H5BrFNO. The second-order valence-corrected chi connectivity index (χ2v) is 3.17. The van der Waals surface area contributed by atoms with Crippen molar-refractivity contribution in [1.82, 2.24) is 0 Å². The van der Waals surface area contributed by atoms with E-state index < -0.39 is 5.82 Å². The predicted molar refractivity (Wildman–Crippen MR) is 46.6 cm³/mol. The van der Waals surface area contributed by atoms with Crippen LogP contribution >= 0.6 is 15.9 Å². The van der Waals surface area contributed by atoms with Gasteiger partial charge >= 0.3 is 0 Å². The number of isocyanates is 1. The third-order valence-corrected chi connectivity index (χ3v) is 1.82. The van der Waals surface area contributed by atoms with Crippen LogP contribution in [0.25, 0.3) is 0 Å². The second-order valence-electron chi connectivity index (χ2n) is 2.26. The fourth-order valence-electron chi connectivity index (χ4n) is 0.838. The molecule has 0 atom stereocenters. The van der Waals surface area contributed by atoms with Crippen molar-refractivity contribution in [3.05, 3.63) is 28.0 Å². The smallest absolute Gasteiger partial charge is 0.211 e. The molecule has 0 aromatic heterocycles. The van der Waals surface area contributed by atoms with Gasteiger partial charge in [-0.05, 0) is 24.6 Å². The number of nitrogens with zero attached hydrogens (tertiary/aromatic N) is 1. The molecule has 0 fully saturated rings. The molecule has 62 valence electrons. The summed E-state index contributed by atoms with van der Waals surface area (Å²) in [6.07, 6.45) is 1.29. The van der Waals surface area contributed by atoms with Crippen molar-refractivity contribution in [1.29, 1.82) is 0 Å². The van der Waals surface area contributed by atoms with Crippen LogP contribution in [0.2, 0.25) is 0 Å². The molecule has 0 aliphatic rings. The number of aliphatic imine (C=N–C) groups is 1. The molecule has 0 saturated carbocycles. The Morgan fingerprint density at radius 1 is 1.58 bits per heavy atom. The van der Waals surface area contributed by atoms with Gasteiger partial charge in [0.25, 0.3) is 0 Å². The van der Waals surface area contributed by atoms with Crippen LogP contribution in [-0.4, -0.2) is 6.08 Å². The minimum absolute atomic E-state index is 0.0110.